The monoisotopic (exact) mass is 276 g/mol. The first-order chi connectivity index (χ1) is 9.31. The molecule has 1 amide bonds. The average Bonchev–Trinajstić information content (AvgIpc) is 2.94. The van der Waals surface area contributed by atoms with Crippen LogP contribution in [0.25, 0.3) is 10.7 Å². The lowest BCUT2D eigenvalue weighted by Crippen LogP contribution is -2.23. The van der Waals surface area contributed by atoms with Crippen molar-refractivity contribution in [2.75, 3.05) is 13.1 Å². The summed E-state index contributed by atoms with van der Waals surface area (Å²) < 4.78 is 0. The van der Waals surface area contributed by atoms with Crippen molar-refractivity contribution in [2.45, 2.75) is 12.8 Å². The molecule has 0 aromatic carbocycles. The Kier molecular flexibility index (Phi) is 5.00. The molecule has 2 aromatic rings. The fraction of sp³-hybridized carbons (Fsp3) is 0.308. The maximum absolute atomic E-state index is 11.9. The van der Waals surface area contributed by atoms with E-state index in [1.54, 1.807) is 12.4 Å². The van der Waals surface area contributed by atoms with E-state index in [1.807, 2.05) is 18.2 Å². The van der Waals surface area contributed by atoms with Gasteiger partial charge in [0.2, 0.25) is 0 Å². The van der Waals surface area contributed by atoms with Gasteiger partial charge in [0.1, 0.15) is 9.88 Å². The summed E-state index contributed by atoms with van der Waals surface area (Å²) in [5.74, 6) is -0.0864. The third kappa shape index (κ3) is 3.84. The summed E-state index contributed by atoms with van der Waals surface area (Å²) in [6, 6.07) is 5.63. The lowest BCUT2D eigenvalue weighted by Gasteiger charge is -2.01. The minimum absolute atomic E-state index is 0.0864. The molecule has 19 heavy (non-hydrogen) atoms. The molecule has 3 N–H and O–H groups in total. The highest BCUT2D eigenvalue weighted by Crippen LogP contribution is 2.22. The molecule has 0 aliphatic heterocycles. The second kappa shape index (κ2) is 6.96. The van der Waals surface area contributed by atoms with Crippen LogP contribution in [0.4, 0.5) is 0 Å². The zero-order valence-electron chi connectivity index (χ0n) is 10.5. The topological polar surface area (TPSA) is 80.9 Å². The Morgan fingerprint density at radius 3 is 2.95 bits per heavy atom. The fourth-order valence-corrected chi connectivity index (χ4v) is 2.35. The summed E-state index contributed by atoms with van der Waals surface area (Å²) in [6.07, 6.45) is 5.12. The van der Waals surface area contributed by atoms with Crippen molar-refractivity contribution < 1.29 is 4.79 Å². The maximum atomic E-state index is 11.9. The number of aromatic nitrogens is 2. The Morgan fingerprint density at radius 1 is 1.32 bits per heavy atom. The minimum Gasteiger partial charge on any atom is -0.351 e. The van der Waals surface area contributed by atoms with Crippen LogP contribution in [0.15, 0.2) is 30.6 Å². The standard InChI is InChI=1S/C13H16N4OS/c14-6-2-4-8-16-12(18)11-9-17-13(19-11)10-5-1-3-7-15-10/h1,3,5,7,9H,2,4,6,8,14H2,(H,16,18). The van der Waals surface area contributed by atoms with Crippen LogP contribution in [0.5, 0.6) is 0 Å². The lowest BCUT2D eigenvalue weighted by atomic mass is 10.3. The Balaban J connectivity index is 1.95. The normalized spacial score (nSPS) is 10.4. The minimum atomic E-state index is -0.0864. The Hall–Kier alpha value is -1.79. The molecule has 5 nitrogen and oxygen atoms in total. The molecule has 100 valence electrons. The van der Waals surface area contributed by atoms with Gasteiger partial charge in [-0.15, -0.1) is 11.3 Å². The average molecular weight is 276 g/mol. The van der Waals surface area contributed by atoms with Crippen LogP contribution in [-0.2, 0) is 0 Å². The van der Waals surface area contributed by atoms with Gasteiger partial charge in [0.25, 0.3) is 5.91 Å². The third-order valence-electron chi connectivity index (χ3n) is 2.53. The van der Waals surface area contributed by atoms with Crippen LogP contribution in [0.1, 0.15) is 22.5 Å². The molecule has 0 saturated carbocycles. The Bertz CT molecular complexity index is 526. The first kappa shape index (κ1) is 13.6. The number of pyridine rings is 1. The molecule has 0 saturated heterocycles. The van der Waals surface area contributed by atoms with Gasteiger partial charge in [-0.25, -0.2) is 4.98 Å². The number of hydrogen-bond acceptors (Lipinski definition) is 5. The van der Waals surface area contributed by atoms with E-state index in [2.05, 4.69) is 15.3 Å². The van der Waals surface area contributed by atoms with E-state index in [1.165, 1.54) is 11.3 Å². The highest BCUT2D eigenvalue weighted by atomic mass is 32.1. The van der Waals surface area contributed by atoms with Gasteiger partial charge < -0.3 is 11.1 Å². The summed E-state index contributed by atoms with van der Waals surface area (Å²) in [4.78, 5) is 20.9. The number of thiazole rings is 1. The molecule has 0 fully saturated rings. The number of hydrogen-bond donors (Lipinski definition) is 2. The van der Waals surface area contributed by atoms with Gasteiger partial charge in [-0.05, 0) is 31.5 Å². The molecule has 0 unspecified atom stereocenters. The summed E-state index contributed by atoms with van der Waals surface area (Å²) in [5.41, 5.74) is 6.18. The molecule has 2 heterocycles. The molecular weight excluding hydrogens is 260 g/mol. The molecule has 0 bridgehead atoms. The van der Waals surface area contributed by atoms with Gasteiger partial charge in [0.05, 0.1) is 11.9 Å². The summed E-state index contributed by atoms with van der Waals surface area (Å²) in [7, 11) is 0. The smallest absolute Gasteiger partial charge is 0.263 e. The van der Waals surface area contributed by atoms with Gasteiger partial charge in [0.15, 0.2) is 0 Å². The zero-order valence-corrected chi connectivity index (χ0v) is 11.3. The highest BCUT2D eigenvalue weighted by molar-refractivity contribution is 7.16. The van der Waals surface area contributed by atoms with E-state index < -0.39 is 0 Å². The SMILES string of the molecule is NCCCCNC(=O)c1cnc(-c2ccccn2)s1. The van der Waals surface area contributed by atoms with E-state index >= 15 is 0 Å². The third-order valence-corrected chi connectivity index (χ3v) is 3.55. The number of amides is 1. The molecule has 0 atom stereocenters. The van der Waals surface area contributed by atoms with Gasteiger partial charge in [0, 0.05) is 12.7 Å². The molecular formula is C13H16N4OS. The first-order valence-corrected chi connectivity index (χ1v) is 6.98. The van der Waals surface area contributed by atoms with Crippen molar-refractivity contribution >= 4 is 17.2 Å². The molecule has 2 rings (SSSR count). The van der Waals surface area contributed by atoms with Crippen molar-refractivity contribution in [3.8, 4) is 10.7 Å². The Labute approximate surface area is 115 Å². The van der Waals surface area contributed by atoms with Gasteiger partial charge >= 0.3 is 0 Å². The Morgan fingerprint density at radius 2 is 2.21 bits per heavy atom. The molecule has 0 aliphatic carbocycles. The summed E-state index contributed by atoms with van der Waals surface area (Å²) >= 11 is 1.35. The number of carbonyl (C=O) groups is 1. The zero-order chi connectivity index (χ0) is 13.5. The number of unbranched alkanes of at least 4 members (excludes halogenated alkanes) is 1. The fourth-order valence-electron chi connectivity index (χ4n) is 1.55. The maximum Gasteiger partial charge on any atom is 0.263 e. The molecule has 2 aromatic heterocycles. The van der Waals surface area contributed by atoms with Crippen LogP contribution in [-0.4, -0.2) is 29.0 Å². The van der Waals surface area contributed by atoms with Crippen LogP contribution in [0, 0.1) is 0 Å². The molecule has 6 heteroatoms. The van der Waals surface area contributed by atoms with Crippen molar-refractivity contribution in [3.63, 3.8) is 0 Å². The summed E-state index contributed by atoms with van der Waals surface area (Å²) in [5, 5.41) is 3.61. The molecule has 0 spiro atoms. The van der Waals surface area contributed by atoms with Crippen molar-refractivity contribution in [3.05, 3.63) is 35.5 Å². The van der Waals surface area contributed by atoms with E-state index in [-0.39, 0.29) is 5.91 Å². The number of nitrogens with zero attached hydrogens (tertiary/aromatic N) is 2. The van der Waals surface area contributed by atoms with Crippen LogP contribution >= 0.6 is 11.3 Å². The van der Waals surface area contributed by atoms with E-state index in [0.717, 1.165) is 23.5 Å². The predicted molar refractivity (Wildman–Crippen MR) is 76.0 cm³/mol. The van der Waals surface area contributed by atoms with E-state index in [0.29, 0.717) is 18.0 Å². The largest absolute Gasteiger partial charge is 0.351 e. The predicted octanol–water partition coefficient (Wildman–Crippen LogP) is 1.67. The number of nitrogens with one attached hydrogen (secondary N) is 1. The van der Waals surface area contributed by atoms with Crippen LogP contribution < -0.4 is 11.1 Å². The van der Waals surface area contributed by atoms with Crippen molar-refractivity contribution in [2.24, 2.45) is 5.73 Å². The van der Waals surface area contributed by atoms with E-state index in [4.69, 9.17) is 5.73 Å². The van der Waals surface area contributed by atoms with Gasteiger partial charge in [-0.3, -0.25) is 9.78 Å². The van der Waals surface area contributed by atoms with Crippen LogP contribution in [0.2, 0.25) is 0 Å². The highest BCUT2D eigenvalue weighted by Gasteiger charge is 2.11. The van der Waals surface area contributed by atoms with Gasteiger partial charge in [-0.1, -0.05) is 6.07 Å². The molecule has 0 aliphatic rings. The lowest BCUT2D eigenvalue weighted by molar-refractivity contribution is 0.0957. The summed E-state index contributed by atoms with van der Waals surface area (Å²) in [6.45, 7) is 1.30. The van der Waals surface area contributed by atoms with Gasteiger partial charge in [-0.2, -0.15) is 0 Å². The second-order valence-electron chi connectivity index (χ2n) is 4.00. The number of rotatable bonds is 6. The number of nitrogens with two attached hydrogens (primary N) is 1. The quantitative estimate of drug-likeness (QED) is 0.786. The number of carbonyl (C=O) groups excluding carboxylic acids is 1. The second-order valence-corrected chi connectivity index (χ2v) is 5.03. The van der Waals surface area contributed by atoms with E-state index in [9.17, 15) is 4.79 Å². The first-order valence-electron chi connectivity index (χ1n) is 6.17. The van der Waals surface area contributed by atoms with Crippen molar-refractivity contribution in [1.29, 1.82) is 0 Å². The van der Waals surface area contributed by atoms with Crippen molar-refractivity contribution in [1.82, 2.24) is 15.3 Å². The molecule has 0 radical (unpaired) electrons. The van der Waals surface area contributed by atoms with Crippen LogP contribution in [0.3, 0.4) is 0 Å².